The van der Waals surface area contributed by atoms with E-state index in [0.717, 1.165) is 30.2 Å². The van der Waals surface area contributed by atoms with E-state index in [2.05, 4.69) is 17.5 Å². The lowest BCUT2D eigenvalue weighted by molar-refractivity contribution is -0.150. The van der Waals surface area contributed by atoms with Crippen molar-refractivity contribution in [3.05, 3.63) is 36.9 Å². The Bertz CT molecular complexity index is 792. The zero-order valence-electron chi connectivity index (χ0n) is 13.9. The zero-order valence-corrected chi connectivity index (χ0v) is 14.7. The summed E-state index contributed by atoms with van der Waals surface area (Å²) in [5.41, 5.74) is 1.02. The number of carbonyl (C=O) groups excluding carboxylic acids is 2. The minimum absolute atomic E-state index is 0.0606. The van der Waals surface area contributed by atoms with Gasteiger partial charge in [0.15, 0.2) is 5.13 Å². The van der Waals surface area contributed by atoms with E-state index in [1.165, 1.54) is 10.8 Å². The third-order valence-electron chi connectivity index (χ3n) is 4.91. The molecule has 4 rings (SSSR count). The molecule has 2 aliphatic heterocycles. The van der Waals surface area contributed by atoms with Crippen LogP contribution in [0.4, 0.5) is 5.13 Å². The molecule has 1 atom stereocenters. The summed E-state index contributed by atoms with van der Waals surface area (Å²) in [6, 6.07) is 7.82. The maximum Gasteiger partial charge on any atom is 0.246 e. The van der Waals surface area contributed by atoms with E-state index in [0.29, 0.717) is 19.6 Å². The molecule has 0 spiro atoms. The molecule has 0 aliphatic carbocycles. The molecule has 2 amide bonds. The molecule has 0 radical (unpaired) electrons. The molecule has 0 saturated carbocycles. The number of thiazole rings is 1. The van der Waals surface area contributed by atoms with Crippen molar-refractivity contribution in [3.63, 3.8) is 0 Å². The standard InChI is InChI=1S/C18H20N4O2S/c1-2-16(23)22-8-7-14(22)17(24)20-9-11-21(12-10-20)18-19-13-5-3-4-6-15(13)25-18/h2-6,14H,1,7-12H2/t14-/m0/s1. The van der Waals surface area contributed by atoms with Gasteiger partial charge >= 0.3 is 0 Å². The summed E-state index contributed by atoms with van der Waals surface area (Å²) in [6.45, 7) is 7.03. The highest BCUT2D eigenvalue weighted by molar-refractivity contribution is 7.22. The van der Waals surface area contributed by atoms with Crippen molar-refractivity contribution < 1.29 is 9.59 Å². The van der Waals surface area contributed by atoms with Crippen molar-refractivity contribution in [1.29, 1.82) is 0 Å². The summed E-state index contributed by atoms with van der Waals surface area (Å²) in [6.07, 6.45) is 2.03. The molecule has 2 saturated heterocycles. The molecule has 25 heavy (non-hydrogen) atoms. The summed E-state index contributed by atoms with van der Waals surface area (Å²) >= 11 is 1.69. The van der Waals surface area contributed by atoms with Crippen molar-refractivity contribution in [1.82, 2.24) is 14.8 Å². The number of benzene rings is 1. The van der Waals surface area contributed by atoms with Gasteiger partial charge in [0.2, 0.25) is 11.8 Å². The minimum atomic E-state index is -0.306. The van der Waals surface area contributed by atoms with Crippen LogP contribution in [0.15, 0.2) is 36.9 Å². The van der Waals surface area contributed by atoms with Gasteiger partial charge in [0.1, 0.15) is 6.04 Å². The molecule has 3 heterocycles. The van der Waals surface area contributed by atoms with E-state index in [9.17, 15) is 9.59 Å². The Hall–Kier alpha value is -2.41. The van der Waals surface area contributed by atoms with Gasteiger partial charge in [-0.1, -0.05) is 30.0 Å². The third-order valence-corrected chi connectivity index (χ3v) is 6.00. The summed E-state index contributed by atoms with van der Waals surface area (Å²) < 4.78 is 1.18. The average Bonchev–Trinajstić information content (AvgIpc) is 3.05. The molecule has 7 heteroatoms. The topological polar surface area (TPSA) is 56.8 Å². The summed E-state index contributed by atoms with van der Waals surface area (Å²) in [5, 5.41) is 1.01. The first-order valence-corrected chi connectivity index (χ1v) is 9.31. The molecule has 2 aromatic rings. The highest BCUT2D eigenvalue weighted by Crippen LogP contribution is 2.29. The number of piperazine rings is 1. The van der Waals surface area contributed by atoms with Crippen LogP contribution in [0.25, 0.3) is 10.2 Å². The van der Waals surface area contributed by atoms with Crippen LogP contribution in [-0.2, 0) is 9.59 Å². The molecular formula is C18H20N4O2S. The number of anilines is 1. The van der Waals surface area contributed by atoms with Gasteiger partial charge < -0.3 is 14.7 Å². The maximum atomic E-state index is 12.7. The molecule has 0 N–H and O–H groups in total. The lowest BCUT2D eigenvalue weighted by atomic mass is 10.0. The monoisotopic (exact) mass is 356 g/mol. The molecule has 2 aliphatic rings. The second-order valence-corrected chi connectivity index (χ2v) is 7.33. The van der Waals surface area contributed by atoms with E-state index in [1.807, 2.05) is 23.1 Å². The SMILES string of the molecule is C=CC(=O)N1CC[C@H]1C(=O)N1CCN(c2nc3ccccc3s2)CC1. The molecule has 6 nitrogen and oxygen atoms in total. The van der Waals surface area contributed by atoms with Gasteiger partial charge in [0, 0.05) is 32.7 Å². The molecule has 1 aromatic heterocycles. The van der Waals surface area contributed by atoms with Crippen LogP contribution in [0.1, 0.15) is 6.42 Å². The number of fused-ring (bicyclic) bond motifs is 1. The van der Waals surface area contributed by atoms with E-state index in [1.54, 1.807) is 16.2 Å². The highest BCUT2D eigenvalue weighted by Gasteiger charge is 2.39. The second kappa shape index (κ2) is 6.48. The van der Waals surface area contributed by atoms with Crippen LogP contribution in [0.5, 0.6) is 0 Å². The van der Waals surface area contributed by atoms with Crippen molar-refractivity contribution in [2.45, 2.75) is 12.5 Å². The van der Waals surface area contributed by atoms with Gasteiger partial charge in [0.25, 0.3) is 0 Å². The fourth-order valence-corrected chi connectivity index (χ4v) is 4.37. The lowest BCUT2D eigenvalue weighted by Crippen LogP contribution is -2.61. The van der Waals surface area contributed by atoms with E-state index < -0.39 is 0 Å². The van der Waals surface area contributed by atoms with Crippen LogP contribution in [0.2, 0.25) is 0 Å². The number of hydrogen-bond donors (Lipinski definition) is 0. The Balaban J connectivity index is 1.39. The number of para-hydroxylation sites is 1. The summed E-state index contributed by atoms with van der Waals surface area (Å²) in [5.74, 6) is -0.0943. The van der Waals surface area contributed by atoms with Gasteiger partial charge in [-0.15, -0.1) is 0 Å². The van der Waals surface area contributed by atoms with Crippen LogP contribution in [0.3, 0.4) is 0 Å². The number of hydrogen-bond acceptors (Lipinski definition) is 5. The van der Waals surface area contributed by atoms with Crippen molar-refractivity contribution in [2.24, 2.45) is 0 Å². The number of carbonyl (C=O) groups is 2. The minimum Gasteiger partial charge on any atom is -0.345 e. The van der Waals surface area contributed by atoms with Gasteiger partial charge in [-0.05, 0) is 24.6 Å². The van der Waals surface area contributed by atoms with Gasteiger partial charge in [-0.3, -0.25) is 9.59 Å². The Morgan fingerprint density at radius 3 is 2.56 bits per heavy atom. The fourth-order valence-electron chi connectivity index (χ4n) is 3.35. The zero-order chi connectivity index (χ0) is 17.4. The predicted molar refractivity (Wildman–Crippen MR) is 98.7 cm³/mol. The summed E-state index contributed by atoms with van der Waals surface area (Å²) in [7, 11) is 0. The van der Waals surface area contributed by atoms with Crippen LogP contribution in [0, 0.1) is 0 Å². The van der Waals surface area contributed by atoms with Crippen molar-refractivity contribution in [3.8, 4) is 0 Å². The summed E-state index contributed by atoms with van der Waals surface area (Å²) in [4.78, 5) is 34.8. The number of nitrogens with zero attached hydrogens (tertiary/aromatic N) is 4. The molecule has 130 valence electrons. The quantitative estimate of drug-likeness (QED) is 0.786. The predicted octanol–water partition coefficient (Wildman–Crippen LogP) is 1.73. The van der Waals surface area contributed by atoms with Crippen LogP contribution >= 0.6 is 11.3 Å². The lowest BCUT2D eigenvalue weighted by Gasteiger charge is -2.43. The Labute approximate surface area is 150 Å². The van der Waals surface area contributed by atoms with E-state index in [4.69, 9.17) is 4.98 Å². The van der Waals surface area contributed by atoms with Crippen LogP contribution < -0.4 is 4.90 Å². The normalized spacial score (nSPS) is 20.5. The van der Waals surface area contributed by atoms with E-state index >= 15 is 0 Å². The Morgan fingerprint density at radius 2 is 1.92 bits per heavy atom. The molecular weight excluding hydrogens is 336 g/mol. The number of rotatable bonds is 3. The molecule has 0 unspecified atom stereocenters. The first-order chi connectivity index (χ1) is 12.2. The highest BCUT2D eigenvalue weighted by atomic mass is 32.1. The van der Waals surface area contributed by atoms with E-state index in [-0.39, 0.29) is 17.9 Å². The van der Waals surface area contributed by atoms with Crippen molar-refractivity contribution in [2.75, 3.05) is 37.6 Å². The molecule has 0 bridgehead atoms. The van der Waals surface area contributed by atoms with Crippen LogP contribution in [-0.4, -0.2) is 65.4 Å². The van der Waals surface area contributed by atoms with Gasteiger partial charge in [0.05, 0.1) is 10.2 Å². The molecule has 1 aromatic carbocycles. The second-order valence-electron chi connectivity index (χ2n) is 6.32. The smallest absolute Gasteiger partial charge is 0.246 e. The first kappa shape index (κ1) is 16.1. The Morgan fingerprint density at radius 1 is 1.16 bits per heavy atom. The Kier molecular flexibility index (Phi) is 4.17. The first-order valence-electron chi connectivity index (χ1n) is 8.50. The number of aromatic nitrogens is 1. The maximum absolute atomic E-state index is 12.7. The molecule has 2 fully saturated rings. The number of amides is 2. The van der Waals surface area contributed by atoms with Gasteiger partial charge in [-0.2, -0.15) is 0 Å². The van der Waals surface area contributed by atoms with Crippen molar-refractivity contribution >= 4 is 38.5 Å². The largest absolute Gasteiger partial charge is 0.345 e. The number of likely N-dealkylation sites (tertiary alicyclic amines) is 1. The fraction of sp³-hybridized carbons (Fsp3) is 0.389. The van der Waals surface area contributed by atoms with Gasteiger partial charge in [-0.25, -0.2) is 4.98 Å². The third kappa shape index (κ3) is 2.89. The average molecular weight is 356 g/mol.